The summed E-state index contributed by atoms with van der Waals surface area (Å²) >= 11 is 0. The summed E-state index contributed by atoms with van der Waals surface area (Å²) in [6.07, 6.45) is 22.1. The maximum Gasteiger partial charge on any atom is 0.166 e. The fourth-order valence-corrected chi connectivity index (χ4v) is 5.50. The highest BCUT2D eigenvalue weighted by atomic mass is 19.2. The molecule has 1 unspecified atom stereocenters. The summed E-state index contributed by atoms with van der Waals surface area (Å²) in [6.45, 7) is 2.30. The molecule has 3 rings (SSSR count). The standard InChI is InChI=1S/C27H40F2/c1-2-3-4-8-21-13-15-22(16-14-21)9-5-6-10-23-17-19-24(20-18-23)25-11-7-12-26(28)27(25)29/h7,11-12,19,21-23H,2-6,8-10,13-18,20H2,1H3. The van der Waals surface area contributed by atoms with Crippen molar-refractivity contribution < 1.29 is 8.78 Å². The molecule has 29 heavy (non-hydrogen) atoms. The fourth-order valence-electron chi connectivity index (χ4n) is 5.50. The molecular weight excluding hydrogens is 362 g/mol. The molecule has 0 spiro atoms. The van der Waals surface area contributed by atoms with Crippen LogP contribution in [-0.2, 0) is 0 Å². The molecule has 0 aliphatic heterocycles. The minimum Gasteiger partial charge on any atom is -0.204 e. The zero-order valence-corrected chi connectivity index (χ0v) is 18.4. The third-order valence-corrected chi connectivity index (χ3v) is 7.47. The maximum atomic E-state index is 14.0. The monoisotopic (exact) mass is 402 g/mol. The van der Waals surface area contributed by atoms with E-state index >= 15 is 0 Å². The van der Waals surface area contributed by atoms with Crippen LogP contribution >= 0.6 is 0 Å². The normalized spacial score (nSPS) is 25.1. The number of benzene rings is 1. The molecule has 1 aromatic rings. The molecule has 0 bridgehead atoms. The molecule has 1 fully saturated rings. The van der Waals surface area contributed by atoms with E-state index in [1.165, 1.54) is 83.1 Å². The highest BCUT2D eigenvalue weighted by Crippen LogP contribution is 2.36. The molecule has 2 aliphatic rings. The zero-order chi connectivity index (χ0) is 20.5. The molecule has 0 heterocycles. The van der Waals surface area contributed by atoms with Crippen molar-refractivity contribution in [3.8, 4) is 0 Å². The van der Waals surface area contributed by atoms with Crippen LogP contribution in [0.25, 0.3) is 5.57 Å². The van der Waals surface area contributed by atoms with Crippen molar-refractivity contribution in [2.75, 3.05) is 0 Å². The Morgan fingerprint density at radius 1 is 0.793 bits per heavy atom. The van der Waals surface area contributed by atoms with Gasteiger partial charge in [-0.25, -0.2) is 8.78 Å². The summed E-state index contributed by atoms with van der Waals surface area (Å²) in [4.78, 5) is 0. The Labute approximate surface area is 177 Å². The van der Waals surface area contributed by atoms with Crippen LogP contribution in [0, 0.1) is 29.4 Å². The highest BCUT2D eigenvalue weighted by molar-refractivity contribution is 5.66. The Balaban J connectivity index is 1.30. The van der Waals surface area contributed by atoms with Gasteiger partial charge in [0.15, 0.2) is 11.6 Å². The van der Waals surface area contributed by atoms with E-state index in [1.807, 2.05) is 0 Å². The van der Waals surface area contributed by atoms with Crippen molar-refractivity contribution in [1.82, 2.24) is 0 Å². The first kappa shape index (κ1) is 22.5. The van der Waals surface area contributed by atoms with E-state index in [4.69, 9.17) is 0 Å². The molecule has 0 nitrogen and oxygen atoms in total. The topological polar surface area (TPSA) is 0 Å². The van der Waals surface area contributed by atoms with Crippen LogP contribution in [0.4, 0.5) is 8.78 Å². The van der Waals surface area contributed by atoms with Gasteiger partial charge in [0, 0.05) is 5.56 Å². The van der Waals surface area contributed by atoms with E-state index in [2.05, 4.69) is 13.0 Å². The van der Waals surface area contributed by atoms with Crippen molar-refractivity contribution in [2.24, 2.45) is 17.8 Å². The van der Waals surface area contributed by atoms with Gasteiger partial charge in [0.2, 0.25) is 0 Å². The smallest absolute Gasteiger partial charge is 0.166 e. The maximum absolute atomic E-state index is 14.0. The molecule has 1 saturated carbocycles. The Hall–Kier alpha value is -1.18. The van der Waals surface area contributed by atoms with E-state index in [0.717, 1.165) is 42.6 Å². The molecule has 0 aromatic heterocycles. The number of halogens is 2. The van der Waals surface area contributed by atoms with Gasteiger partial charge in [0.25, 0.3) is 0 Å². The van der Waals surface area contributed by atoms with E-state index < -0.39 is 11.6 Å². The summed E-state index contributed by atoms with van der Waals surface area (Å²) in [7, 11) is 0. The van der Waals surface area contributed by atoms with Crippen LogP contribution in [-0.4, -0.2) is 0 Å². The molecule has 0 amide bonds. The molecule has 0 N–H and O–H groups in total. The second kappa shape index (κ2) is 11.9. The van der Waals surface area contributed by atoms with Crippen molar-refractivity contribution >= 4 is 5.57 Å². The van der Waals surface area contributed by atoms with Crippen LogP contribution in [0.2, 0.25) is 0 Å². The SMILES string of the molecule is CCCCCC1CCC(CCCCC2CC=C(c3cccc(F)c3F)CC2)CC1. The fraction of sp³-hybridized carbons (Fsp3) is 0.704. The quantitative estimate of drug-likeness (QED) is 0.342. The van der Waals surface area contributed by atoms with Gasteiger partial charge in [0.1, 0.15) is 0 Å². The molecule has 1 aromatic carbocycles. The number of allylic oxidation sites excluding steroid dienone is 2. The zero-order valence-electron chi connectivity index (χ0n) is 18.4. The van der Waals surface area contributed by atoms with Gasteiger partial charge in [-0.15, -0.1) is 0 Å². The van der Waals surface area contributed by atoms with E-state index in [-0.39, 0.29) is 0 Å². The van der Waals surface area contributed by atoms with Crippen LogP contribution < -0.4 is 0 Å². The summed E-state index contributed by atoms with van der Waals surface area (Å²) in [5, 5.41) is 0. The Morgan fingerprint density at radius 2 is 1.41 bits per heavy atom. The molecule has 2 heteroatoms. The molecular formula is C27H40F2. The first-order valence-corrected chi connectivity index (χ1v) is 12.3. The number of hydrogen-bond donors (Lipinski definition) is 0. The van der Waals surface area contributed by atoms with Crippen molar-refractivity contribution in [1.29, 1.82) is 0 Å². The molecule has 0 saturated heterocycles. The lowest BCUT2D eigenvalue weighted by Crippen LogP contribution is -2.14. The van der Waals surface area contributed by atoms with Gasteiger partial charge >= 0.3 is 0 Å². The first-order valence-electron chi connectivity index (χ1n) is 12.3. The van der Waals surface area contributed by atoms with Crippen LogP contribution in [0.15, 0.2) is 24.3 Å². The lowest BCUT2D eigenvalue weighted by atomic mass is 9.77. The summed E-state index contributed by atoms with van der Waals surface area (Å²) in [5.41, 5.74) is 1.46. The van der Waals surface area contributed by atoms with Gasteiger partial charge in [0.05, 0.1) is 0 Å². The molecule has 162 valence electrons. The third kappa shape index (κ3) is 6.93. The van der Waals surface area contributed by atoms with E-state index in [0.29, 0.717) is 5.56 Å². The van der Waals surface area contributed by atoms with Gasteiger partial charge in [-0.1, -0.05) is 102 Å². The molecule has 1 atom stereocenters. The van der Waals surface area contributed by atoms with Gasteiger partial charge in [-0.05, 0) is 48.7 Å². The number of hydrogen-bond acceptors (Lipinski definition) is 0. The van der Waals surface area contributed by atoms with E-state index in [9.17, 15) is 8.78 Å². The van der Waals surface area contributed by atoms with Gasteiger partial charge in [-0.2, -0.15) is 0 Å². The van der Waals surface area contributed by atoms with Crippen molar-refractivity contribution in [3.05, 3.63) is 41.5 Å². The second-order valence-corrected chi connectivity index (χ2v) is 9.64. The van der Waals surface area contributed by atoms with Crippen LogP contribution in [0.5, 0.6) is 0 Å². The predicted molar refractivity (Wildman–Crippen MR) is 120 cm³/mol. The number of unbranched alkanes of at least 4 members (excludes halogenated alkanes) is 3. The summed E-state index contributed by atoms with van der Waals surface area (Å²) < 4.78 is 27.5. The number of rotatable bonds is 10. The molecule has 0 radical (unpaired) electrons. The predicted octanol–water partition coefficient (Wildman–Crippen LogP) is 9.10. The largest absolute Gasteiger partial charge is 0.204 e. The minimum atomic E-state index is -0.736. The Kier molecular flexibility index (Phi) is 9.21. The average Bonchev–Trinajstić information content (AvgIpc) is 2.75. The Morgan fingerprint density at radius 3 is 2.00 bits per heavy atom. The summed E-state index contributed by atoms with van der Waals surface area (Å²) in [6, 6.07) is 4.52. The Bertz CT molecular complexity index is 640. The lowest BCUT2D eigenvalue weighted by Gasteiger charge is -2.29. The average molecular weight is 403 g/mol. The third-order valence-electron chi connectivity index (χ3n) is 7.47. The summed E-state index contributed by atoms with van der Waals surface area (Å²) in [5.74, 6) is 1.30. The van der Waals surface area contributed by atoms with Gasteiger partial charge in [-0.3, -0.25) is 0 Å². The van der Waals surface area contributed by atoms with Crippen molar-refractivity contribution in [3.63, 3.8) is 0 Å². The van der Waals surface area contributed by atoms with Crippen LogP contribution in [0.3, 0.4) is 0 Å². The van der Waals surface area contributed by atoms with Gasteiger partial charge < -0.3 is 0 Å². The van der Waals surface area contributed by atoms with Crippen LogP contribution in [0.1, 0.15) is 109 Å². The van der Waals surface area contributed by atoms with Crippen molar-refractivity contribution in [2.45, 2.75) is 103 Å². The van der Waals surface area contributed by atoms with E-state index in [1.54, 1.807) is 12.1 Å². The minimum absolute atomic E-state index is 0.466. The highest BCUT2D eigenvalue weighted by Gasteiger charge is 2.21. The lowest BCUT2D eigenvalue weighted by molar-refractivity contribution is 0.243. The first-order chi connectivity index (χ1) is 14.2. The second-order valence-electron chi connectivity index (χ2n) is 9.64. The molecule has 2 aliphatic carbocycles.